The Morgan fingerprint density at radius 2 is 1.92 bits per heavy atom. The standard InChI is InChI=1S/C18H19F3N2O/c1-11-5-4-6-12-9-13(7-8-14(11)12)15(18(19,20)21)23-10-17(2,3)16(24)22-23/h4-9,15H,10H2,1-3H3,(H,22,24). The summed E-state index contributed by atoms with van der Waals surface area (Å²) in [5.41, 5.74) is 2.67. The highest BCUT2D eigenvalue weighted by Gasteiger charge is 2.51. The fraction of sp³-hybridized carbons (Fsp3) is 0.389. The average molecular weight is 336 g/mol. The lowest BCUT2D eigenvalue weighted by Gasteiger charge is -2.30. The maximum absolute atomic E-state index is 13.7. The molecule has 128 valence electrons. The van der Waals surface area contributed by atoms with Crippen LogP contribution in [0.3, 0.4) is 0 Å². The molecule has 1 fully saturated rings. The first kappa shape index (κ1) is 16.8. The van der Waals surface area contributed by atoms with Crippen LogP contribution < -0.4 is 5.43 Å². The zero-order chi connectivity index (χ0) is 17.7. The number of aryl methyl sites for hydroxylation is 1. The number of amides is 1. The lowest BCUT2D eigenvalue weighted by Crippen LogP contribution is -2.43. The first-order valence-corrected chi connectivity index (χ1v) is 7.73. The van der Waals surface area contributed by atoms with Crippen LogP contribution in [0.15, 0.2) is 36.4 Å². The second-order valence-corrected chi connectivity index (χ2v) is 6.95. The number of alkyl halides is 3. The molecule has 1 unspecified atom stereocenters. The minimum atomic E-state index is -4.49. The number of halogens is 3. The van der Waals surface area contributed by atoms with Gasteiger partial charge in [0.1, 0.15) is 6.04 Å². The minimum Gasteiger partial charge on any atom is -0.287 e. The van der Waals surface area contributed by atoms with Crippen LogP contribution in [0.4, 0.5) is 13.2 Å². The summed E-state index contributed by atoms with van der Waals surface area (Å²) < 4.78 is 41.2. The van der Waals surface area contributed by atoms with Crippen molar-refractivity contribution in [1.29, 1.82) is 0 Å². The van der Waals surface area contributed by atoms with Gasteiger partial charge in [0.25, 0.3) is 0 Å². The van der Waals surface area contributed by atoms with E-state index in [2.05, 4.69) is 5.43 Å². The Bertz CT molecular complexity index is 798. The third kappa shape index (κ3) is 2.86. The van der Waals surface area contributed by atoms with Gasteiger partial charge in [0.05, 0.1) is 5.41 Å². The van der Waals surface area contributed by atoms with E-state index in [1.807, 2.05) is 19.1 Å². The Hall–Kier alpha value is -2.08. The van der Waals surface area contributed by atoms with Crippen molar-refractivity contribution >= 4 is 16.7 Å². The van der Waals surface area contributed by atoms with E-state index in [4.69, 9.17) is 0 Å². The molecule has 1 aliphatic heterocycles. The molecular formula is C18H19F3N2O. The van der Waals surface area contributed by atoms with Crippen molar-refractivity contribution in [3.63, 3.8) is 0 Å². The first-order valence-electron chi connectivity index (χ1n) is 7.73. The van der Waals surface area contributed by atoms with Crippen LogP contribution in [0, 0.1) is 12.3 Å². The second kappa shape index (κ2) is 5.48. The van der Waals surface area contributed by atoms with Crippen LogP contribution in [0.25, 0.3) is 10.8 Å². The number of nitrogens with zero attached hydrogens (tertiary/aromatic N) is 1. The van der Waals surface area contributed by atoms with Crippen molar-refractivity contribution in [2.75, 3.05) is 6.54 Å². The lowest BCUT2D eigenvalue weighted by molar-refractivity contribution is -0.191. The number of hydrogen-bond acceptors (Lipinski definition) is 2. The third-order valence-corrected chi connectivity index (χ3v) is 4.49. The number of benzene rings is 2. The Balaban J connectivity index is 2.06. The van der Waals surface area contributed by atoms with Crippen molar-refractivity contribution < 1.29 is 18.0 Å². The number of hydrogen-bond donors (Lipinski definition) is 1. The quantitative estimate of drug-likeness (QED) is 0.894. The van der Waals surface area contributed by atoms with Gasteiger partial charge in [-0.25, -0.2) is 5.01 Å². The topological polar surface area (TPSA) is 32.3 Å². The van der Waals surface area contributed by atoms with Gasteiger partial charge in [-0.1, -0.05) is 30.3 Å². The predicted molar refractivity (Wildman–Crippen MR) is 86.1 cm³/mol. The fourth-order valence-electron chi connectivity index (χ4n) is 3.15. The van der Waals surface area contributed by atoms with Gasteiger partial charge < -0.3 is 0 Å². The van der Waals surface area contributed by atoms with Gasteiger partial charge in [0, 0.05) is 6.54 Å². The molecule has 3 nitrogen and oxygen atoms in total. The van der Waals surface area contributed by atoms with E-state index in [-0.39, 0.29) is 12.1 Å². The van der Waals surface area contributed by atoms with Crippen molar-refractivity contribution in [2.45, 2.75) is 33.0 Å². The zero-order valence-corrected chi connectivity index (χ0v) is 13.7. The molecule has 2 aromatic carbocycles. The van der Waals surface area contributed by atoms with Gasteiger partial charge in [0.15, 0.2) is 0 Å². The highest BCUT2D eigenvalue weighted by molar-refractivity contribution is 5.86. The summed E-state index contributed by atoms with van der Waals surface area (Å²) in [5, 5.41) is 2.68. The molecule has 0 aliphatic carbocycles. The third-order valence-electron chi connectivity index (χ3n) is 4.49. The summed E-state index contributed by atoms with van der Waals surface area (Å²) in [6, 6.07) is 8.43. The van der Waals surface area contributed by atoms with Gasteiger partial charge in [-0.15, -0.1) is 0 Å². The summed E-state index contributed by atoms with van der Waals surface area (Å²) >= 11 is 0. The van der Waals surface area contributed by atoms with Crippen LogP contribution in [0.1, 0.15) is 31.0 Å². The average Bonchev–Trinajstić information content (AvgIpc) is 2.71. The molecule has 0 aromatic heterocycles. The summed E-state index contributed by atoms with van der Waals surface area (Å²) in [4.78, 5) is 11.9. The maximum atomic E-state index is 13.7. The van der Waals surface area contributed by atoms with Crippen molar-refractivity contribution in [2.24, 2.45) is 5.41 Å². The monoisotopic (exact) mass is 336 g/mol. The fourth-order valence-corrected chi connectivity index (χ4v) is 3.15. The molecule has 1 saturated heterocycles. The molecule has 24 heavy (non-hydrogen) atoms. The van der Waals surface area contributed by atoms with Gasteiger partial charge in [-0.2, -0.15) is 13.2 Å². The van der Waals surface area contributed by atoms with Gasteiger partial charge >= 0.3 is 6.18 Å². The molecule has 3 rings (SSSR count). The largest absolute Gasteiger partial charge is 0.409 e. The van der Waals surface area contributed by atoms with E-state index in [0.29, 0.717) is 0 Å². The number of carbonyl (C=O) groups is 1. The van der Waals surface area contributed by atoms with Gasteiger partial charge in [-0.05, 0) is 48.7 Å². The first-order chi connectivity index (χ1) is 11.1. The van der Waals surface area contributed by atoms with Crippen LogP contribution in [0.5, 0.6) is 0 Å². The number of nitrogens with one attached hydrogen (secondary N) is 1. The number of hydrazine groups is 1. The van der Waals surface area contributed by atoms with Gasteiger partial charge in [0.2, 0.25) is 5.91 Å². The molecule has 1 aliphatic rings. The van der Waals surface area contributed by atoms with Crippen LogP contribution in [0.2, 0.25) is 0 Å². The summed E-state index contributed by atoms with van der Waals surface area (Å²) in [6.07, 6.45) is -4.49. The smallest absolute Gasteiger partial charge is 0.287 e. The number of fused-ring (bicyclic) bond motifs is 1. The highest BCUT2D eigenvalue weighted by Crippen LogP contribution is 2.41. The van der Waals surface area contributed by atoms with Crippen LogP contribution in [-0.2, 0) is 4.79 Å². The lowest BCUT2D eigenvalue weighted by atomic mass is 9.93. The van der Waals surface area contributed by atoms with E-state index >= 15 is 0 Å². The van der Waals surface area contributed by atoms with E-state index in [9.17, 15) is 18.0 Å². The molecule has 0 spiro atoms. The van der Waals surface area contributed by atoms with Crippen molar-refractivity contribution in [3.05, 3.63) is 47.5 Å². The predicted octanol–water partition coefficient (Wildman–Crippen LogP) is 4.12. The molecule has 0 saturated carbocycles. The summed E-state index contributed by atoms with van der Waals surface area (Å²) in [6.45, 7) is 5.20. The Kier molecular flexibility index (Phi) is 3.83. The maximum Gasteiger partial charge on any atom is 0.409 e. The molecule has 2 aromatic rings. The summed E-state index contributed by atoms with van der Waals surface area (Å²) in [5.74, 6) is -0.395. The molecule has 1 N–H and O–H groups in total. The zero-order valence-electron chi connectivity index (χ0n) is 13.7. The highest BCUT2D eigenvalue weighted by atomic mass is 19.4. The molecule has 6 heteroatoms. The molecule has 1 atom stereocenters. The van der Waals surface area contributed by atoms with Crippen molar-refractivity contribution in [1.82, 2.24) is 10.4 Å². The molecule has 1 heterocycles. The van der Waals surface area contributed by atoms with E-state index < -0.39 is 23.5 Å². The normalized spacial score (nSPS) is 19.5. The summed E-state index contributed by atoms with van der Waals surface area (Å²) in [7, 11) is 0. The van der Waals surface area contributed by atoms with Crippen LogP contribution in [-0.4, -0.2) is 23.6 Å². The molecular weight excluding hydrogens is 317 g/mol. The SMILES string of the molecule is Cc1cccc2cc(C(N3CC(C)(C)C(=O)N3)C(F)(F)F)ccc12. The Labute approximate surface area is 138 Å². The Morgan fingerprint density at radius 1 is 1.21 bits per heavy atom. The molecule has 1 amide bonds. The number of rotatable bonds is 2. The number of carbonyl (C=O) groups excluding carboxylic acids is 1. The van der Waals surface area contributed by atoms with E-state index in [1.165, 1.54) is 6.07 Å². The van der Waals surface area contributed by atoms with E-state index in [0.717, 1.165) is 21.3 Å². The van der Waals surface area contributed by atoms with Gasteiger partial charge in [-0.3, -0.25) is 10.2 Å². The van der Waals surface area contributed by atoms with Crippen LogP contribution >= 0.6 is 0 Å². The Morgan fingerprint density at radius 3 is 2.50 bits per heavy atom. The van der Waals surface area contributed by atoms with E-state index in [1.54, 1.807) is 32.0 Å². The molecule has 0 bridgehead atoms. The molecule has 0 radical (unpaired) electrons. The minimum absolute atomic E-state index is 0.00185. The van der Waals surface area contributed by atoms with Crippen molar-refractivity contribution in [3.8, 4) is 0 Å². The second-order valence-electron chi connectivity index (χ2n) is 6.95.